The highest BCUT2D eigenvalue weighted by Gasteiger charge is 2.26. The Morgan fingerprint density at radius 3 is 1.39 bits per heavy atom. The Morgan fingerprint density at radius 2 is 0.944 bits per heavy atom. The average Bonchev–Trinajstić information content (AvgIpc) is 3.16. The maximum absolute atomic E-state index is 12.6. The monoisotopic (exact) mass is 791 g/mol. The lowest BCUT2D eigenvalue weighted by Crippen LogP contribution is -2.29. The molecule has 0 rings (SSSR count). The zero-order valence-corrected chi connectivity index (χ0v) is 36.1. The van der Waals surface area contributed by atoms with Crippen molar-refractivity contribution in [3.8, 4) is 0 Å². The van der Waals surface area contributed by atoms with Crippen molar-refractivity contribution in [1.29, 1.82) is 0 Å². The standard InChI is InChI=1S/C44H87O9P/c1-3-5-7-9-11-13-15-16-17-18-19-20-21-22-23-24-25-27-29-31-33-35-37-50-40-43(41-52-54(48,49)51-39-42(46)38-45)53-44(47)36-34-32-30-28-26-14-12-10-8-6-4-2/h18-19,42-43,45-46H,3-17,20-41H2,1-2H3,(H,48,49)/b19-18-. The van der Waals surface area contributed by atoms with E-state index in [1.165, 1.54) is 161 Å². The van der Waals surface area contributed by atoms with Crippen LogP contribution >= 0.6 is 7.82 Å². The van der Waals surface area contributed by atoms with Crippen molar-refractivity contribution in [2.45, 2.75) is 232 Å². The van der Waals surface area contributed by atoms with E-state index in [-0.39, 0.29) is 25.6 Å². The molecule has 0 aliphatic carbocycles. The van der Waals surface area contributed by atoms with Crippen molar-refractivity contribution in [2.24, 2.45) is 0 Å². The fraction of sp³-hybridized carbons (Fsp3) is 0.932. The van der Waals surface area contributed by atoms with Crippen LogP contribution in [0.1, 0.15) is 219 Å². The molecule has 0 fully saturated rings. The number of phosphoric ester groups is 1. The summed E-state index contributed by atoms with van der Waals surface area (Å²) < 4.78 is 33.4. The number of hydrogen-bond donors (Lipinski definition) is 3. The minimum Gasteiger partial charge on any atom is -0.457 e. The van der Waals surface area contributed by atoms with Gasteiger partial charge >= 0.3 is 13.8 Å². The highest BCUT2D eigenvalue weighted by atomic mass is 31.2. The van der Waals surface area contributed by atoms with E-state index in [2.05, 4.69) is 26.0 Å². The molecule has 10 heteroatoms. The summed E-state index contributed by atoms with van der Waals surface area (Å²) >= 11 is 0. The molecule has 0 heterocycles. The van der Waals surface area contributed by atoms with E-state index in [1.807, 2.05) is 0 Å². The maximum Gasteiger partial charge on any atom is 0.472 e. The summed E-state index contributed by atoms with van der Waals surface area (Å²) in [5.74, 6) is -0.381. The van der Waals surface area contributed by atoms with Gasteiger partial charge in [0.15, 0.2) is 0 Å². The van der Waals surface area contributed by atoms with Crippen molar-refractivity contribution in [3.63, 3.8) is 0 Å². The molecule has 0 spiro atoms. The number of carbonyl (C=O) groups excluding carboxylic acids is 1. The van der Waals surface area contributed by atoms with E-state index in [1.54, 1.807) is 0 Å². The zero-order valence-electron chi connectivity index (χ0n) is 35.2. The minimum atomic E-state index is -4.51. The largest absolute Gasteiger partial charge is 0.472 e. The van der Waals surface area contributed by atoms with Gasteiger partial charge in [-0.2, -0.15) is 0 Å². The van der Waals surface area contributed by atoms with Gasteiger partial charge in [-0.3, -0.25) is 13.8 Å². The van der Waals surface area contributed by atoms with Gasteiger partial charge in [-0.1, -0.05) is 187 Å². The van der Waals surface area contributed by atoms with Gasteiger partial charge in [-0.05, 0) is 38.5 Å². The Balaban J connectivity index is 4.03. The molecular weight excluding hydrogens is 703 g/mol. The number of ether oxygens (including phenoxy) is 2. The molecular formula is C44H87O9P. The van der Waals surface area contributed by atoms with Crippen LogP contribution in [0.15, 0.2) is 12.2 Å². The Kier molecular flexibility index (Phi) is 41.2. The van der Waals surface area contributed by atoms with Crippen LogP contribution in [0, 0.1) is 0 Å². The number of aliphatic hydroxyl groups excluding tert-OH is 2. The van der Waals surface area contributed by atoms with E-state index in [9.17, 15) is 19.4 Å². The molecule has 3 N–H and O–H groups in total. The fourth-order valence-electron chi connectivity index (χ4n) is 6.47. The summed E-state index contributed by atoms with van der Waals surface area (Å²) in [5, 5.41) is 18.3. The van der Waals surface area contributed by atoms with Crippen molar-refractivity contribution in [1.82, 2.24) is 0 Å². The van der Waals surface area contributed by atoms with Crippen LogP contribution in [0.3, 0.4) is 0 Å². The lowest BCUT2D eigenvalue weighted by atomic mass is 10.1. The molecule has 0 bridgehead atoms. The smallest absolute Gasteiger partial charge is 0.457 e. The van der Waals surface area contributed by atoms with Crippen LogP contribution in [0.4, 0.5) is 0 Å². The molecule has 0 aliphatic rings. The van der Waals surface area contributed by atoms with E-state index in [0.717, 1.165) is 38.5 Å². The molecule has 0 aromatic carbocycles. The molecule has 54 heavy (non-hydrogen) atoms. The Labute approximate surface area is 332 Å². The molecule has 0 saturated carbocycles. The fourth-order valence-corrected chi connectivity index (χ4v) is 7.26. The second-order valence-electron chi connectivity index (χ2n) is 15.4. The van der Waals surface area contributed by atoms with Crippen LogP contribution in [-0.2, 0) is 27.9 Å². The second-order valence-corrected chi connectivity index (χ2v) is 16.9. The van der Waals surface area contributed by atoms with Gasteiger partial charge in [0, 0.05) is 13.0 Å². The summed E-state index contributed by atoms with van der Waals surface area (Å²) in [6.07, 6.45) is 41.8. The van der Waals surface area contributed by atoms with Gasteiger partial charge in [0.05, 0.1) is 26.4 Å². The van der Waals surface area contributed by atoms with Gasteiger partial charge in [0.1, 0.15) is 12.2 Å². The first-order chi connectivity index (χ1) is 26.3. The van der Waals surface area contributed by atoms with Gasteiger partial charge in [-0.15, -0.1) is 0 Å². The predicted molar refractivity (Wildman–Crippen MR) is 224 cm³/mol. The first-order valence-corrected chi connectivity index (χ1v) is 24.2. The molecule has 0 radical (unpaired) electrons. The highest BCUT2D eigenvalue weighted by molar-refractivity contribution is 7.47. The molecule has 0 amide bonds. The second kappa shape index (κ2) is 41.8. The molecule has 3 unspecified atom stereocenters. The first kappa shape index (κ1) is 53.2. The summed E-state index contributed by atoms with van der Waals surface area (Å²) in [7, 11) is -4.51. The van der Waals surface area contributed by atoms with E-state index < -0.39 is 33.2 Å². The summed E-state index contributed by atoms with van der Waals surface area (Å²) in [6, 6.07) is 0. The van der Waals surface area contributed by atoms with Crippen molar-refractivity contribution >= 4 is 13.8 Å². The van der Waals surface area contributed by atoms with Crippen LogP contribution < -0.4 is 0 Å². The number of aliphatic hydroxyl groups is 2. The number of phosphoric acid groups is 1. The number of hydrogen-bond acceptors (Lipinski definition) is 8. The Hall–Kier alpha value is -0.800. The van der Waals surface area contributed by atoms with E-state index >= 15 is 0 Å². The Bertz CT molecular complexity index is 856. The minimum absolute atomic E-state index is 0.0539. The van der Waals surface area contributed by atoms with Crippen LogP contribution in [0.2, 0.25) is 0 Å². The molecule has 0 aliphatic heterocycles. The third-order valence-corrected chi connectivity index (χ3v) is 10.9. The number of allylic oxidation sites excluding steroid dienone is 2. The molecule has 0 aromatic heterocycles. The van der Waals surface area contributed by atoms with Crippen molar-refractivity contribution in [2.75, 3.05) is 33.0 Å². The third kappa shape index (κ3) is 40.9. The highest BCUT2D eigenvalue weighted by Crippen LogP contribution is 2.43. The number of rotatable bonds is 44. The maximum atomic E-state index is 12.6. The Morgan fingerprint density at radius 1 is 0.556 bits per heavy atom. The van der Waals surface area contributed by atoms with Crippen LogP contribution in [0.25, 0.3) is 0 Å². The van der Waals surface area contributed by atoms with E-state index in [4.69, 9.17) is 23.6 Å². The number of unbranched alkanes of at least 4 members (excludes halogenated alkanes) is 28. The van der Waals surface area contributed by atoms with Crippen LogP contribution in [0.5, 0.6) is 0 Å². The summed E-state index contributed by atoms with van der Waals surface area (Å²) in [6.45, 7) is 3.54. The summed E-state index contributed by atoms with van der Waals surface area (Å²) in [5.41, 5.74) is 0. The van der Waals surface area contributed by atoms with Gasteiger partial charge < -0.3 is 24.6 Å². The SMILES string of the molecule is CCCCCCCCCC/C=C\CCCCCCCCCCCCOCC(COP(=O)(O)OCC(O)CO)OC(=O)CCCCCCCCCCCCC. The van der Waals surface area contributed by atoms with Gasteiger partial charge in [0.25, 0.3) is 0 Å². The summed E-state index contributed by atoms with van der Waals surface area (Å²) in [4.78, 5) is 22.5. The van der Waals surface area contributed by atoms with Crippen molar-refractivity contribution < 1.29 is 43.0 Å². The molecule has 322 valence electrons. The van der Waals surface area contributed by atoms with Crippen molar-refractivity contribution in [3.05, 3.63) is 12.2 Å². The van der Waals surface area contributed by atoms with Crippen LogP contribution in [-0.4, -0.2) is 66.3 Å². The first-order valence-electron chi connectivity index (χ1n) is 22.7. The molecule has 9 nitrogen and oxygen atoms in total. The molecule has 3 atom stereocenters. The number of esters is 1. The van der Waals surface area contributed by atoms with Gasteiger partial charge in [0.2, 0.25) is 0 Å². The lowest BCUT2D eigenvalue weighted by Gasteiger charge is -2.20. The van der Waals surface area contributed by atoms with Gasteiger partial charge in [-0.25, -0.2) is 4.57 Å². The third-order valence-electron chi connectivity index (χ3n) is 9.95. The normalized spacial score (nSPS) is 14.1. The predicted octanol–water partition coefficient (Wildman–Crippen LogP) is 12.5. The topological polar surface area (TPSA) is 132 Å². The quantitative estimate of drug-likeness (QED) is 0.0239. The average molecular weight is 791 g/mol. The molecule has 0 aromatic rings. The number of carbonyl (C=O) groups is 1. The van der Waals surface area contributed by atoms with E-state index in [0.29, 0.717) is 6.61 Å². The lowest BCUT2D eigenvalue weighted by molar-refractivity contribution is -0.154. The molecule has 0 saturated heterocycles. The zero-order chi connectivity index (χ0) is 39.6.